The molecule has 0 bridgehead atoms. The van der Waals surface area contributed by atoms with Gasteiger partial charge in [0.15, 0.2) is 0 Å². The van der Waals surface area contributed by atoms with Gasteiger partial charge in [-0.15, -0.1) is 0 Å². The Balaban J connectivity index is 2.27. The Hall–Kier alpha value is -2.00. The Morgan fingerprint density at radius 3 is 2.67 bits per heavy atom. The summed E-state index contributed by atoms with van der Waals surface area (Å²) in [4.78, 5) is 11.8. The lowest BCUT2D eigenvalue weighted by Gasteiger charge is -2.13. The fourth-order valence-corrected chi connectivity index (χ4v) is 2.25. The molecule has 0 unspecified atom stereocenters. The topological polar surface area (TPSA) is 35.5 Å². The minimum atomic E-state index is -0.419. The highest BCUT2D eigenvalue weighted by Crippen LogP contribution is 2.25. The van der Waals surface area contributed by atoms with Gasteiger partial charge in [0.1, 0.15) is 12.4 Å². The molecule has 0 spiro atoms. The van der Waals surface area contributed by atoms with Crippen LogP contribution in [0.3, 0.4) is 0 Å². The number of methoxy groups -OCH3 is 1. The standard InChI is InChI=1S/C17H17ClO3/c1-11-7-8-12(2)16(9-11)21-10-14-13(17(19)20-3)5-4-6-15(14)18/h4-9H,10H2,1-3H3. The van der Waals surface area contributed by atoms with E-state index in [0.717, 1.165) is 16.9 Å². The van der Waals surface area contributed by atoms with Crippen LogP contribution in [-0.4, -0.2) is 13.1 Å². The quantitative estimate of drug-likeness (QED) is 0.789. The predicted molar refractivity (Wildman–Crippen MR) is 83.0 cm³/mol. The van der Waals surface area contributed by atoms with Crippen LogP contribution >= 0.6 is 11.6 Å². The highest BCUT2D eigenvalue weighted by atomic mass is 35.5. The van der Waals surface area contributed by atoms with Crippen molar-refractivity contribution in [2.75, 3.05) is 7.11 Å². The van der Waals surface area contributed by atoms with Gasteiger partial charge >= 0.3 is 5.97 Å². The number of benzene rings is 2. The summed E-state index contributed by atoms with van der Waals surface area (Å²) in [7, 11) is 1.35. The Kier molecular flexibility index (Phi) is 4.86. The number of hydrogen-bond acceptors (Lipinski definition) is 3. The Morgan fingerprint density at radius 2 is 1.95 bits per heavy atom. The molecule has 0 N–H and O–H groups in total. The zero-order valence-electron chi connectivity index (χ0n) is 12.3. The summed E-state index contributed by atoms with van der Waals surface area (Å²) in [5.41, 5.74) is 3.21. The average Bonchev–Trinajstić information content (AvgIpc) is 2.48. The number of hydrogen-bond donors (Lipinski definition) is 0. The number of rotatable bonds is 4. The number of aryl methyl sites for hydroxylation is 2. The fourth-order valence-electron chi connectivity index (χ4n) is 2.02. The van der Waals surface area contributed by atoms with E-state index in [2.05, 4.69) is 0 Å². The van der Waals surface area contributed by atoms with Crippen molar-refractivity contribution in [3.8, 4) is 5.75 Å². The van der Waals surface area contributed by atoms with Gasteiger partial charge in [0.2, 0.25) is 0 Å². The SMILES string of the molecule is COC(=O)c1cccc(Cl)c1COc1cc(C)ccc1C. The number of carbonyl (C=O) groups is 1. The zero-order chi connectivity index (χ0) is 15.4. The van der Waals surface area contributed by atoms with Gasteiger partial charge in [-0.2, -0.15) is 0 Å². The van der Waals surface area contributed by atoms with Crippen LogP contribution in [0.4, 0.5) is 0 Å². The van der Waals surface area contributed by atoms with Crippen LogP contribution in [0.15, 0.2) is 36.4 Å². The van der Waals surface area contributed by atoms with Crippen LogP contribution in [0.1, 0.15) is 27.0 Å². The van der Waals surface area contributed by atoms with Gasteiger partial charge < -0.3 is 9.47 Å². The summed E-state index contributed by atoms with van der Waals surface area (Å²) in [5, 5.41) is 0.489. The lowest BCUT2D eigenvalue weighted by atomic mass is 10.1. The predicted octanol–water partition coefficient (Wildman–Crippen LogP) is 4.32. The van der Waals surface area contributed by atoms with Crippen molar-refractivity contribution in [2.24, 2.45) is 0 Å². The Labute approximate surface area is 129 Å². The normalized spacial score (nSPS) is 10.3. The minimum absolute atomic E-state index is 0.217. The third-order valence-corrected chi connectivity index (χ3v) is 3.59. The van der Waals surface area contributed by atoms with Crippen LogP contribution in [0, 0.1) is 13.8 Å². The van der Waals surface area contributed by atoms with Crippen molar-refractivity contribution in [3.63, 3.8) is 0 Å². The molecule has 0 fully saturated rings. The fraction of sp³-hybridized carbons (Fsp3) is 0.235. The lowest BCUT2D eigenvalue weighted by Crippen LogP contribution is -2.09. The van der Waals surface area contributed by atoms with E-state index in [1.807, 2.05) is 32.0 Å². The molecule has 0 aliphatic rings. The van der Waals surface area contributed by atoms with Crippen LogP contribution in [-0.2, 0) is 11.3 Å². The van der Waals surface area contributed by atoms with Gasteiger partial charge in [0, 0.05) is 10.6 Å². The molecule has 0 aliphatic carbocycles. The molecule has 0 saturated heterocycles. The second-order valence-corrected chi connectivity index (χ2v) is 5.22. The first kappa shape index (κ1) is 15.4. The van der Waals surface area contributed by atoms with E-state index in [4.69, 9.17) is 21.1 Å². The van der Waals surface area contributed by atoms with Gasteiger partial charge in [0.25, 0.3) is 0 Å². The van der Waals surface area contributed by atoms with Crippen molar-refractivity contribution in [3.05, 3.63) is 63.7 Å². The highest BCUT2D eigenvalue weighted by Gasteiger charge is 2.15. The summed E-state index contributed by atoms with van der Waals surface area (Å²) >= 11 is 6.18. The molecule has 2 rings (SSSR count). The Morgan fingerprint density at radius 1 is 1.19 bits per heavy atom. The van der Waals surface area contributed by atoms with Crippen LogP contribution < -0.4 is 4.74 Å². The molecule has 110 valence electrons. The first-order valence-electron chi connectivity index (χ1n) is 6.58. The molecule has 0 aromatic heterocycles. The number of halogens is 1. The van der Waals surface area contributed by atoms with Gasteiger partial charge in [-0.25, -0.2) is 4.79 Å². The monoisotopic (exact) mass is 304 g/mol. The third-order valence-electron chi connectivity index (χ3n) is 3.24. The maximum atomic E-state index is 11.8. The first-order valence-corrected chi connectivity index (χ1v) is 6.96. The van der Waals surface area contributed by atoms with E-state index in [1.165, 1.54) is 7.11 Å². The van der Waals surface area contributed by atoms with E-state index >= 15 is 0 Å². The van der Waals surface area contributed by atoms with Gasteiger partial charge in [-0.05, 0) is 43.2 Å². The van der Waals surface area contributed by atoms with Crippen molar-refractivity contribution in [2.45, 2.75) is 20.5 Å². The maximum Gasteiger partial charge on any atom is 0.338 e. The van der Waals surface area contributed by atoms with E-state index < -0.39 is 5.97 Å². The molecule has 0 amide bonds. The van der Waals surface area contributed by atoms with E-state index in [0.29, 0.717) is 16.1 Å². The number of esters is 1. The number of ether oxygens (including phenoxy) is 2. The molecule has 0 atom stereocenters. The van der Waals surface area contributed by atoms with Crippen molar-refractivity contribution in [1.29, 1.82) is 0 Å². The third kappa shape index (κ3) is 3.56. The smallest absolute Gasteiger partial charge is 0.338 e. The highest BCUT2D eigenvalue weighted by molar-refractivity contribution is 6.31. The van der Waals surface area contributed by atoms with E-state index in [1.54, 1.807) is 18.2 Å². The summed E-state index contributed by atoms with van der Waals surface area (Å²) in [6.07, 6.45) is 0. The van der Waals surface area contributed by atoms with Crippen molar-refractivity contribution < 1.29 is 14.3 Å². The van der Waals surface area contributed by atoms with Crippen LogP contribution in [0.25, 0.3) is 0 Å². The molecule has 0 heterocycles. The second-order valence-electron chi connectivity index (χ2n) is 4.82. The summed E-state index contributed by atoms with van der Waals surface area (Å²) in [6.45, 7) is 4.19. The van der Waals surface area contributed by atoms with Gasteiger partial charge in [-0.1, -0.05) is 29.8 Å². The molecular weight excluding hydrogens is 288 g/mol. The van der Waals surface area contributed by atoms with Gasteiger partial charge in [-0.3, -0.25) is 0 Å². The van der Waals surface area contributed by atoms with E-state index in [9.17, 15) is 4.79 Å². The molecule has 21 heavy (non-hydrogen) atoms. The summed E-state index contributed by atoms with van der Waals surface area (Å²) < 4.78 is 10.6. The molecule has 4 heteroatoms. The number of carbonyl (C=O) groups excluding carboxylic acids is 1. The largest absolute Gasteiger partial charge is 0.489 e. The molecule has 2 aromatic rings. The van der Waals surface area contributed by atoms with Crippen LogP contribution in [0.2, 0.25) is 5.02 Å². The van der Waals surface area contributed by atoms with Crippen molar-refractivity contribution in [1.82, 2.24) is 0 Å². The first-order chi connectivity index (χ1) is 10.0. The lowest BCUT2D eigenvalue weighted by molar-refractivity contribution is 0.0597. The molecule has 2 aromatic carbocycles. The van der Waals surface area contributed by atoms with Gasteiger partial charge in [0.05, 0.1) is 12.7 Å². The second kappa shape index (κ2) is 6.64. The molecule has 0 radical (unpaired) electrons. The molecule has 0 aliphatic heterocycles. The van der Waals surface area contributed by atoms with Crippen LogP contribution in [0.5, 0.6) is 5.75 Å². The summed E-state index contributed by atoms with van der Waals surface area (Å²) in [6, 6.07) is 11.1. The summed E-state index contributed by atoms with van der Waals surface area (Å²) in [5.74, 6) is 0.364. The molecular formula is C17H17ClO3. The Bertz CT molecular complexity index is 665. The molecule has 3 nitrogen and oxygen atoms in total. The maximum absolute atomic E-state index is 11.8. The average molecular weight is 305 g/mol. The molecule has 0 saturated carbocycles. The zero-order valence-corrected chi connectivity index (χ0v) is 13.0. The van der Waals surface area contributed by atoms with Crippen molar-refractivity contribution >= 4 is 17.6 Å². The minimum Gasteiger partial charge on any atom is -0.489 e. The van der Waals surface area contributed by atoms with E-state index in [-0.39, 0.29) is 6.61 Å².